The van der Waals surface area contributed by atoms with Crippen LogP contribution in [0.5, 0.6) is 0 Å². The largest absolute Gasteiger partial charge is 0.435 e. The Hall–Kier alpha value is -3.23. The van der Waals surface area contributed by atoms with Crippen molar-refractivity contribution < 1.29 is 53.1 Å². The third kappa shape index (κ3) is 6.03. The Balaban J connectivity index is 1.63. The van der Waals surface area contributed by atoms with Gasteiger partial charge >= 0.3 is 18.0 Å². The normalized spacial score (nSPS) is 22.5. The molecule has 0 spiro atoms. The Morgan fingerprint density at radius 2 is 1.32 bits per heavy atom. The van der Waals surface area contributed by atoms with Crippen molar-refractivity contribution in [2.24, 2.45) is 5.92 Å². The molecule has 0 aromatic heterocycles. The third-order valence-electron chi connectivity index (χ3n) is 8.68. The maximum atomic E-state index is 14.7. The first kappa shape index (κ1) is 33.7. The second-order valence-corrected chi connectivity index (χ2v) is 13.5. The van der Waals surface area contributed by atoms with E-state index in [0.717, 1.165) is 36.4 Å². The number of amides is 2. The summed E-state index contributed by atoms with van der Waals surface area (Å²) in [5.74, 6) is -1.47. The first-order valence-corrected chi connectivity index (χ1v) is 15.3. The summed E-state index contributed by atoms with van der Waals surface area (Å²) < 4.78 is 134. The molecule has 2 amide bonds. The lowest BCUT2D eigenvalue weighted by Crippen LogP contribution is -2.50. The van der Waals surface area contributed by atoms with Gasteiger partial charge < -0.3 is 10.2 Å². The van der Waals surface area contributed by atoms with Crippen LogP contribution in [0.2, 0.25) is 0 Å². The van der Waals surface area contributed by atoms with Crippen LogP contribution in [0, 0.1) is 11.7 Å². The molecule has 2 aliphatic rings. The van der Waals surface area contributed by atoms with Gasteiger partial charge in [0.1, 0.15) is 10.6 Å². The monoisotopic (exact) mass is 654 g/mol. The topological polar surface area (TPSA) is 83.6 Å². The van der Waals surface area contributed by atoms with Crippen LogP contribution < -0.4 is 5.32 Å². The average molecular weight is 655 g/mol. The van der Waals surface area contributed by atoms with Crippen molar-refractivity contribution in [1.29, 1.82) is 0 Å². The van der Waals surface area contributed by atoms with Crippen molar-refractivity contribution in [3.63, 3.8) is 0 Å². The van der Waals surface area contributed by atoms with E-state index < -0.39 is 50.0 Å². The summed E-state index contributed by atoms with van der Waals surface area (Å²) in [6.07, 6.45) is -12.0. The van der Waals surface area contributed by atoms with Crippen molar-refractivity contribution in [1.82, 2.24) is 10.2 Å². The smallest absolute Gasteiger partial charge is 0.353 e. The number of alkyl halides is 7. The fourth-order valence-electron chi connectivity index (χ4n) is 6.05. The van der Waals surface area contributed by atoms with Crippen LogP contribution in [-0.2, 0) is 29.8 Å². The molecule has 1 N–H and O–H groups in total. The predicted octanol–water partition coefficient (Wildman–Crippen LogP) is 6.10. The number of carbonyl (C=O) groups is 2. The van der Waals surface area contributed by atoms with Gasteiger partial charge in [-0.25, -0.2) is 17.2 Å². The first-order valence-electron chi connectivity index (χ1n) is 13.8. The van der Waals surface area contributed by atoms with E-state index >= 15 is 0 Å². The van der Waals surface area contributed by atoms with Gasteiger partial charge in [0.15, 0.2) is 9.84 Å². The summed E-state index contributed by atoms with van der Waals surface area (Å²) in [6.45, 7) is 2.26. The van der Waals surface area contributed by atoms with Crippen molar-refractivity contribution in [3.05, 3.63) is 65.5 Å². The second-order valence-electron chi connectivity index (χ2n) is 11.2. The predicted molar refractivity (Wildman–Crippen MR) is 142 cm³/mol. The van der Waals surface area contributed by atoms with E-state index in [2.05, 4.69) is 5.32 Å². The minimum Gasteiger partial charge on any atom is -0.353 e. The Morgan fingerprint density at radius 3 is 1.77 bits per heavy atom. The minimum atomic E-state index is -6.34. The molecule has 0 atom stereocenters. The average Bonchev–Trinajstić information content (AvgIpc) is 2.96. The summed E-state index contributed by atoms with van der Waals surface area (Å²) >= 11 is 0. The van der Waals surface area contributed by atoms with Crippen LogP contribution >= 0.6 is 0 Å². The number of nitrogens with one attached hydrogen (secondary N) is 1. The molecule has 0 bridgehead atoms. The van der Waals surface area contributed by atoms with Crippen LogP contribution in [-0.4, -0.2) is 56.6 Å². The van der Waals surface area contributed by atoms with Crippen molar-refractivity contribution in [2.75, 3.05) is 13.1 Å². The van der Waals surface area contributed by atoms with Gasteiger partial charge in [0.2, 0.25) is 11.8 Å². The third-order valence-corrected chi connectivity index (χ3v) is 11.2. The molecule has 0 radical (unpaired) electrons. The van der Waals surface area contributed by atoms with E-state index in [4.69, 9.17) is 0 Å². The van der Waals surface area contributed by atoms with E-state index in [1.807, 2.05) is 0 Å². The van der Waals surface area contributed by atoms with E-state index in [0.29, 0.717) is 25.9 Å². The fraction of sp³-hybridized carbons (Fsp3) is 0.517. The summed E-state index contributed by atoms with van der Waals surface area (Å²) in [6, 6.07) is 5.35. The van der Waals surface area contributed by atoms with Gasteiger partial charge in [-0.3, -0.25) is 9.59 Å². The molecular weight excluding hydrogens is 624 g/mol. The number of hydrogen-bond acceptors (Lipinski definition) is 4. The number of piperidine rings is 1. The molecule has 4 rings (SSSR count). The summed E-state index contributed by atoms with van der Waals surface area (Å²) in [4.78, 5) is 25.8. The molecule has 2 aromatic carbocycles. The molecule has 242 valence electrons. The van der Waals surface area contributed by atoms with E-state index in [9.17, 15) is 53.1 Å². The van der Waals surface area contributed by atoms with Crippen molar-refractivity contribution >= 4 is 21.7 Å². The van der Waals surface area contributed by atoms with Crippen molar-refractivity contribution in [2.45, 2.75) is 79.2 Å². The zero-order valence-electron chi connectivity index (χ0n) is 23.4. The van der Waals surface area contributed by atoms with Gasteiger partial charge in [0, 0.05) is 37.5 Å². The second kappa shape index (κ2) is 11.9. The van der Waals surface area contributed by atoms with Crippen LogP contribution in [0.25, 0.3) is 0 Å². The van der Waals surface area contributed by atoms with Gasteiger partial charge in [0.25, 0.3) is 0 Å². The highest BCUT2D eigenvalue weighted by atomic mass is 32.2. The molecule has 44 heavy (non-hydrogen) atoms. The number of hydrogen-bond donors (Lipinski definition) is 1. The Morgan fingerprint density at radius 1 is 0.818 bits per heavy atom. The number of nitrogens with zero attached hydrogens (tertiary/aromatic N) is 1. The lowest BCUT2D eigenvalue weighted by molar-refractivity contribution is -0.348. The number of halogens is 8. The van der Waals surface area contributed by atoms with Crippen LogP contribution in [0.3, 0.4) is 0 Å². The Labute approximate surface area is 248 Å². The van der Waals surface area contributed by atoms with Crippen LogP contribution in [0.15, 0.2) is 53.4 Å². The molecular formula is C29H30F8N2O4S. The van der Waals surface area contributed by atoms with Crippen molar-refractivity contribution in [3.8, 4) is 0 Å². The van der Waals surface area contributed by atoms with Gasteiger partial charge in [-0.15, -0.1) is 0 Å². The highest BCUT2D eigenvalue weighted by Gasteiger charge is 2.73. The highest BCUT2D eigenvalue weighted by Crippen LogP contribution is 2.54. The fourth-order valence-corrected chi connectivity index (χ4v) is 8.21. The van der Waals surface area contributed by atoms with E-state index in [-0.39, 0.29) is 66.0 Å². The molecule has 0 unspecified atom stereocenters. The molecule has 1 heterocycles. The zero-order valence-corrected chi connectivity index (χ0v) is 24.3. The maximum Gasteiger partial charge on any atom is 0.435 e. The summed E-state index contributed by atoms with van der Waals surface area (Å²) in [5.41, 5.74) is -7.62. The molecule has 2 aromatic rings. The molecule has 1 saturated heterocycles. The maximum absolute atomic E-state index is 14.7. The summed E-state index contributed by atoms with van der Waals surface area (Å²) in [7, 11) is -4.44. The zero-order chi connectivity index (χ0) is 32.7. The Kier molecular flexibility index (Phi) is 9.13. The molecule has 2 fully saturated rings. The molecule has 1 saturated carbocycles. The van der Waals surface area contributed by atoms with E-state index in [1.54, 1.807) is 4.90 Å². The summed E-state index contributed by atoms with van der Waals surface area (Å²) in [5, 5.41) is 2.90. The molecule has 15 heteroatoms. The lowest BCUT2D eigenvalue weighted by atomic mass is 9.79. The first-order chi connectivity index (χ1) is 20.3. The number of likely N-dealkylation sites (tertiary alicyclic amines) is 1. The van der Waals surface area contributed by atoms with Crippen LogP contribution in [0.1, 0.15) is 56.6 Å². The highest BCUT2D eigenvalue weighted by molar-refractivity contribution is 7.92. The van der Waals surface area contributed by atoms with Gasteiger partial charge in [0.05, 0.1) is 4.90 Å². The van der Waals surface area contributed by atoms with Crippen LogP contribution in [0.4, 0.5) is 35.1 Å². The molecule has 1 aliphatic carbocycles. The SMILES string of the molecule is CC(=O)N1CCC(C(=O)N[C@H]2CC[C@@](c3ccc(C(F)(C(F)(F)F)C(F)(F)F)cc3)(S(=O)(=O)c3ccc(F)cc3)CC2)CC1. The van der Waals surface area contributed by atoms with E-state index in [1.165, 1.54) is 6.92 Å². The van der Waals surface area contributed by atoms with Gasteiger partial charge in [-0.05, 0) is 68.4 Å². The molecule has 1 aliphatic heterocycles. The van der Waals surface area contributed by atoms with Gasteiger partial charge in [-0.1, -0.05) is 24.3 Å². The number of benzene rings is 2. The molecule has 6 nitrogen and oxygen atoms in total. The number of sulfone groups is 1. The quantitative estimate of drug-likeness (QED) is 0.302. The Bertz CT molecular complexity index is 1440. The standard InChI is InChI=1S/C29H30F8N2O4S/c1-18(40)39-16-12-19(13-17-39)25(41)38-23-10-14-26(15-11-23,44(42,43)24-8-6-22(30)7-9-24)20-2-4-21(5-3-20)27(31,28(32,33)34)29(35,36)37/h2-9,19,23H,10-17H2,1H3,(H,38,41)/t23-,26+. The lowest BCUT2D eigenvalue weighted by Gasteiger charge is -2.41. The minimum absolute atomic E-state index is 0.0817. The number of carbonyl (C=O) groups excluding carboxylic acids is 2. The van der Waals surface area contributed by atoms with Gasteiger partial charge in [-0.2, -0.15) is 26.3 Å². The number of rotatable bonds is 6.